The number of nitrogens with zero attached hydrogens (tertiary/aromatic N) is 2. The fourth-order valence-corrected chi connectivity index (χ4v) is 5.62. The summed E-state index contributed by atoms with van der Waals surface area (Å²) in [7, 11) is 0. The highest BCUT2D eigenvalue weighted by atomic mass is 16.2. The van der Waals surface area contributed by atoms with Gasteiger partial charge in [-0.1, -0.05) is 91.3 Å². The molecule has 6 nitrogen and oxygen atoms in total. The molecule has 0 saturated heterocycles. The number of hydrogen-bond acceptors (Lipinski definition) is 3. The predicted octanol–water partition coefficient (Wildman–Crippen LogP) is 6.44. The number of carbonyl (C=O) groups excluding carboxylic acids is 3. The zero-order valence-corrected chi connectivity index (χ0v) is 24.7. The van der Waals surface area contributed by atoms with E-state index in [0.717, 1.165) is 39.6 Å². The van der Waals surface area contributed by atoms with Gasteiger partial charge in [0.1, 0.15) is 6.04 Å². The highest BCUT2D eigenvalue weighted by molar-refractivity contribution is 6.25. The van der Waals surface area contributed by atoms with Crippen molar-refractivity contribution in [3.8, 4) is 0 Å². The Kier molecular flexibility index (Phi) is 9.01. The molecule has 1 N–H and O–H groups in total. The smallest absolute Gasteiger partial charge is 0.258 e. The lowest BCUT2D eigenvalue weighted by Crippen LogP contribution is -2.52. The number of amides is 3. The molecule has 42 heavy (non-hydrogen) atoms. The van der Waals surface area contributed by atoms with Gasteiger partial charge in [0.25, 0.3) is 5.91 Å². The predicted molar refractivity (Wildman–Crippen MR) is 168 cm³/mol. The number of aryl methyl sites for hydroxylation is 1. The summed E-state index contributed by atoms with van der Waals surface area (Å²) in [5, 5.41) is 5.14. The van der Waals surface area contributed by atoms with E-state index in [1.807, 2.05) is 112 Å². The molecular formula is C36H39N3O3. The van der Waals surface area contributed by atoms with Crippen molar-refractivity contribution in [2.75, 3.05) is 11.4 Å². The molecule has 0 bridgehead atoms. The number of rotatable bonds is 12. The van der Waals surface area contributed by atoms with Gasteiger partial charge in [-0.25, -0.2) is 0 Å². The molecule has 4 aromatic rings. The highest BCUT2D eigenvalue weighted by Crippen LogP contribution is 2.37. The van der Waals surface area contributed by atoms with E-state index in [0.29, 0.717) is 31.5 Å². The van der Waals surface area contributed by atoms with Crippen molar-refractivity contribution in [2.24, 2.45) is 0 Å². The maximum Gasteiger partial charge on any atom is 0.258 e. The van der Waals surface area contributed by atoms with Crippen molar-refractivity contribution in [1.82, 2.24) is 10.2 Å². The summed E-state index contributed by atoms with van der Waals surface area (Å²) in [6.45, 7) is 6.81. The van der Waals surface area contributed by atoms with Crippen LogP contribution in [0.1, 0.15) is 60.2 Å². The van der Waals surface area contributed by atoms with Crippen LogP contribution in [0.15, 0.2) is 91.0 Å². The Morgan fingerprint density at radius 3 is 2.31 bits per heavy atom. The van der Waals surface area contributed by atoms with Crippen LogP contribution in [0.25, 0.3) is 10.8 Å². The van der Waals surface area contributed by atoms with Crippen LogP contribution < -0.4 is 10.2 Å². The summed E-state index contributed by atoms with van der Waals surface area (Å²) in [6.07, 6.45) is 1.94. The molecule has 1 aliphatic heterocycles. The Labute approximate surface area is 248 Å². The quantitative estimate of drug-likeness (QED) is 0.216. The first-order chi connectivity index (χ1) is 20.4. The van der Waals surface area contributed by atoms with Crippen molar-refractivity contribution >= 4 is 34.2 Å². The molecule has 1 heterocycles. The maximum atomic E-state index is 14.0. The summed E-state index contributed by atoms with van der Waals surface area (Å²) >= 11 is 0. The van der Waals surface area contributed by atoms with Crippen LogP contribution >= 0.6 is 0 Å². The molecule has 6 heteroatoms. The molecule has 0 aromatic heterocycles. The van der Waals surface area contributed by atoms with Gasteiger partial charge >= 0.3 is 0 Å². The molecule has 0 radical (unpaired) electrons. The topological polar surface area (TPSA) is 69.7 Å². The molecule has 0 spiro atoms. The fraction of sp³-hybridized carbons (Fsp3) is 0.306. The molecule has 0 aliphatic carbocycles. The molecule has 0 saturated carbocycles. The van der Waals surface area contributed by atoms with E-state index in [2.05, 4.69) is 5.32 Å². The van der Waals surface area contributed by atoms with E-state index in [4.69, 9.17) is 0 Å². The van der Waals surface area contributed by atoms with Crippen LogP contribution in [0.2, 0.25) is 0 Å². The van der Waals surface area contributed by atoms with Crippen molar-refractivity contribution in [3.05, 3.63) is 113 Å². The first-order valence-corrected chi connectivity index (χ1v) is 14.9. The number of anilines is 1. The molecule has 216 valence electrons. The summed E-state index contributed by atoms with van der Waals surface area (Å²) < 4.78 is 0. The average molecular weight is 562 g/mol. The first kappa shape index (κ1) is 29.1. The number of nitrogens with one attached hydrogen (secondary N) is 1. The highest BCUT2D eigenvalue weighted by Gasteiger charge is 2.32. The van der Waals surface area contributed by atoms with E-state index < -0.39 is 6.04 Å². The third-order valence-electron chi connectivity index (χ3n) is 8.17. The van der Waals surface area contributed by atoms with E-state index in [1.54, 1.807) is 9.80 Å². The van der Waals surface area contributed by atoms with Crippen LogP contribution in [0.5, 0.6) is 0 Å². The molecular weight excluding hydrogens is 522 g/mol. The molecule has 0 fully saturated rings. The van der Waals surface area contributed by atoms with Gasteiger partial charge in [-0.05, 0) is 55.3 Å². The van der Waals surface area contributed by atoms with E-state index in [1.165, 1.54) is 0 Å². The average Bonchev–Trinajstić information content (AvgIpc) is 3.28. The fourth-order valence-electron chi connectivity index (χ4n) is 5.62. The molecule has 2 atom stereocenters. The van der Waals surface area contributed by atoms with Crippen LogP contribution in [-0.2, 0) is 22.6 Å². The van der Waals surface area contributed by atoms with Crippen molar-refractivity contribution in [2.45, 2.75) is 65.1 Å². The Bertz CT molecular complexity index is 1560. The normalized spacial score (nSPS) is 13.7. The Morgan fingerprint density at radius 1 is 0.881 bits per heavy atom. The van der Waals surface area contributed by atoms with Gasteiger partial charge in [0.05, 0.1) is 5.69 Å². The van der Waals surface area contributed by atoms with Crippen LogP contribution in [-0.4, -0.2) is 41.2 Å². The van der Waals surface area contributed by atoms with Crippen molar-refractivity contribution in [1.29, 1.82) is 0 Å². The number of carbonyl (C=O) groups is 3. The minimum Gasteiger partial charge on any atom is -0.352 e. The van der Waals surface area contributed by atoms with Crippen LogP contribution in [0, 0.1) is 6.92 Å². The molecule has 4 aromatic carbocycles. The molecule has 5 rings (SSSR count). The minimum absolute atomic E-state index is 0.00220. The monoisotopic (exact) mass is 561 g/mol. The van der Waals surface area contributed by atoms with Crippen molar-refractivity contribution in [3.63, 3.8) is 0 Å². The second-order valence-corrected chi connectivity index (χ2v) is 11.3. The van der Waals surface area contributed by atoms with Crippen LogP contribution in [0.3, 0.4) is 0 Å². The first-order valence-electron chi connectivity index (χ1n) is 14.9. The van der Waals surface area contributed by atoms with Gasteiger partial charge in [0.2, 0.25) is 11.8 Å². The largest absolute Gasteiger partial charge is 0.352 e. The number of benzene rings is 4. The lowest BCUT2D eigenvalue weighted by Gasteiger charge is -2.32. The van der Waals surface area contributed by atoms with E-state index in [9.17, 15) is 14.4 Å². The summed E-state index contributed by atoms with van der Waals surface area (Å²) in [5.74, 6) is -0.274. The van der Waals surface area contributed by atoms with Gasteiger partial charge in [0, 0.05) is 42.9 Å². The molecule has 2 unspecified atom stereocenters. The van der Waals surface area contributed by atoms with E-state index in [-0.39, 0.29) is 30.2 Å². The van der Waals surface area contributed by atoms with Crippen LogP contribution in [0.4, 0.5) is 5.69 Å². The Hall–Kier alpha value is -4.45. The van der Waals surface area contributed by atoms with Crippen molar-refractivity contribution < 1.29 is 14.4 Å². The molecule has 3 amide bonds. The Balaban J connectivity index is 1.37. The zero-order chi connectivity index (χ0) is 29.6. The third-order valence-corrected chi connectivity index (χ3v) is 8.17. The van der Waals surface area contributed by atoms with Gasteiger partial charge in [0.15, 0.2) is 0 Å². The van der Waals surface area contributed by atoms with Gasteiger partial charge < -0.3 is 15.1 Å². The van der Waals surface area contributed by atoms with Gasteiger partial charge in [-0.15, -0.1) is 0 Å². The second-order valence-electron chi connectivity index (χ2n) is 11.3. The third kappa shape index (κ3) is 6.38. The van der Waals surface area contributed by atoms with Gasteiger partial charge in [-0.3, -0.25) is 14.4 Å². The lowest BCUT2D eigenvalue weighted by molar-refractivity contribution is -0.141. The standard InChI is InChI=1S/C36H39N3O3/c1-4-26(3)37-35(41)32(23-27-11-6-5-7-12-27)39(24-28-20-18-25(2)19-21-28)33(40)17-10-22-38-31-16-9-14-29-13-8-15-30(34(29)31)36(38)42/h5-9,11-16,18-21,26,32H,4,10,17,22-24H2,1-3H3,(H,37,41). The summed E-state index contributed by atoms with van der Waals surface area (Å²) in [4.78, 5) is 44.5. The Morgan fingerprint density at radius 2 is 1.60 bits per heavy atom. The second kappa shape index (κ2) is 13.0. The zero-order valence-electron chi connectivity index (χ0n) is 24.7. The van der Waals surface area contributed by atoms with Gasteiger partial charge in [-0.2, -0.15) is 0 Å². The summed E-state index contributed by atoms with van der Waals surface area (Å²) in [6, 6.07) is 29.0. The van der Waals surface area contributed by atoms with E-state index >= 15 is 0 Å². The number of hydrogen-bond donors (Lipinski definition) is 1. The summed E-state index contributed by atoms with van der Waals surface area (Å²) in [5.41, 5.74) is 4.71. The molecule has 1 aliphatic rings. The lowest BCUT2D eigenvalue weighted by atomic mass is 10.0. The SMILES string of the molecule is CCC(C)NC(=O)C(Cc1ccccc1)N(Cc1ccc(C)cc1)C(=O)CCCN1C(=O)c2cccc3cccc1c23. The minimum atomic E-state index is -0.665. The maximum absolute atomic E-state index is 14.0.